The van der Waals surface area contributed by atoms with Gasteiger partial charge in [-0.1, -0.05) is 31.4 Å². The monoisotopic (exact) mass is 342 g/mol. The predicted octanol–water partition coefficient (Wildman–Crippen LogP) is 5.73. The summed E-state index contributed by atoms with van der Waals surface area (Å²) in [6.45, 7) is 8.62. The van der Waals surface area contributed by atoms with Crippen molar-refractivity contribution in [3.63, 3.8) is 0 Å². The standard InChI is InChI=1S/C22H30O3/c1-5-6-7-8-15-12-17(21(23)24)20-16-11-14(2)9-10-18(16)22(3,4)25-19(20)13-15/h11-13,16,18H,5-10H2,1-4H3,(H,23,24)/t16-,18-/m1/s1. The van der Waals surface area contributed by atoms with E-state index in [1.54, 1.807) is 0 Å². The van der Waals surface area contributed by atoms with Crippen molar-refractivity contribution in [3.05, 3.63) is 40.5 Å². The summed E-state index contributed by atoms with van der Waals surface area (Å²) in [5.41, 5.74) is 3.48. The van der Waals surface area contributed by atoms with Gasteiger partial charge in [0, 0.05) is 17.4 Å². The van der Waals surface area contributed by atoms with E-state index >= 15 is 0 Å². The largest absolute Gasteiger partial charge is 0.487 e. The van der Waals surface area contributed by atoms with Crippen molar-refractivity contribution in [2.24, 2.45) is 5.92 Å². The Balaban J connectivity index is 2.09. The lowest BCUT2D eigenvalue weighted by atomic mass is 9.67. The highest BCUT2D eigenvalue weighted by Crippen LogP contribution is 2.51. The minimum atomic E-state index is -0.840. The number of rotatable bonds is 5. The van der Waals surface area contributed by atoms with Crippen LogP contribution in [-0.2, 0) is 6.42 Å². The van der Waals surface area contributed by atoms with Gasteiger partial charge in [-0.05, 0) is 64.2 Å². The number of carbonyl (C=O) groups is 1. The maximum absolute atomic E-state index is 12.0. The smallest absolute Gasteiger partial charge is 0.336 e. The number of hydrogen-bond acceptors (Lipinski definition) is 2. The molecule has 0 radical (unpaired) electrons. The number of fused-ring (bicyclic) bond motifs is 3. The Morgan fingerprint density at radius 2 is 2.08 bits per heavy atom. The number of aromatic carboxylic acids is 1. The topological polar surface area (TPSA) is 46.5 Å². The highest BCUT2D eigenvalue weighted by molar-refractivity contribution is 5.91. The number of allylic oxidation sites excluding steroid dienone is 2. The van der Waals surface area contributed by atoms with Crippen LogP contribution >= 0.6 is 0 Å². The van der Waals surface area contributed by atoms with Gasteiger partial charge in [-0.15, -0.1) is 0 Å². The van der Waals surface area contributed by atoms with Crippen molar-refractivity contribution in [2.45, 2.75) is 77.7 Å². The van der Waals surface area contributed by atoms with E-state index in [1.807, 2.05) is 6.07 Å². The van der Waals surface area contributed by atoms with Gasteiger partial charge in [-0.3, -0.25) is 0 Å². The van der Waals surface area contributed by atoms with Gasteiger partial charge in [0.1, 0.15) is 11.4 Å². The summed E-state index contributed by atoms with van der Waals surface area (Å²) in [4.78, 5) is 12.0. The summed E-state index contributed by atoms with van der Waals surface area (Å²) in [6, 6.07) is 3.97. The quantitative estimate of drug-likeness (QED) is 0.549. The van der Waals surface area contributed by atoms with Gasteiger partial charge in [-0.2, -0.15) is 0 Å². The fourth-order valence-electron chi connectivity index (χ4n) is 4.50. The Morgan fingerprint density at radius 1 is 1.32 bits per heavy atom. The van der Waals surface area contributed by atoms with Gasteiger partial charge in [0.05, 0.1) is 5.56 Å². The van der Waals surface area contributed by atoms with Crippen LogP contribution < -0.4 is 4.74 Å². The molecular weight excluding hydrogens is 312 g/mol. The molecule has 2 aliphatic rings. The zero-order chi connectivity index (χ0) is 18.2. The molecule has 0 aromatic heterocycles. The maximum Gasteiger partial charge on any atom is 0.336 e. The van der Waals surface area contributed by atoms with E-state index in [0.717, 1.165) is 49.0 Å². The molecule has 1 aliphatic carbocycles. The average molecular weight is 342 g/mol. The third-order valence-electron chi connectivity index (χ3n) is 5.85. The highest BCUT2D eigenvalue weighted by atomic mass is 16.5. The van der Waals surface area contributed by atoms with Crippen LogP contribution in [0.15, 0.2) is 23.8 Å². The Morgan fingerprint density at radius 3 is 2.76 bits per heavy atom. The SMILES string of the molecule is CCCCCc1cc2c(c(C(=O)O)c1)[C@@H]1C=C(C)CC[C@H]1C(C)(C)O2. The number of aryl methyl sites for hydroxylation is 1. The predicted molar refractivity (Wildman–Crippen MR) is 101 cm³/mol. The number of carboxylic acids is 1. The zero-order valence-corrected chi connectivity index (χ0v) is 15.9. The van der Waals surface area contributed by atoms with Crippen LogP contribution in [0, 0.1) is 5.92 Å². The lowest BCUT2D eigenvalue weighted by Crippen LogP contribution is -2.45. The van der Waals surface area contributed by atoms with Crippen LogP contribution in [-0.4, -0.2) is 16.7 Å². The molecule has 0 spiro atoms. The van der Waals surface area contributed by atoms with Gasteiger partial charge in [0.25, 0.3) is 0 Å². The molecule has 1 N–H and O–H groups in total. The fraction of sp³-hybridized carbons (Fsp3) is 0.591. The molecule has 3 nitrogen and oxygen atoms in total. The van der Waals surface area contributed by atoms with E-state index in [1.165, 1.54) is 12.0 Å². The molecule has 3 heteroatoms. The van der Waals surface area contributed by atoms with Gasteiger partial charge in [-0.25, -0.2) is 4.79 Å². The summed E-state index contributed by atoms with van der Waals surface area (Å²) >= 11 is 0. The Labute approximate surface area is 151 Å². The number of unbranched alkanes of at least 4 members (excludes halogenated alkanes) is 2. The van der Waals surface area contributed by atoms with E-state index in [9.17, 15) is 9.90 Å². The second-order valence-corrected chi connectivity index (χ2v) is 8.21. The molecule has 1 heterocycles. The normalized spacial score (nSPS) is 23.9. The van der Waals surface area contributed by atoms with Gasteiger partial charge in [0.2, 0.25) is 0 Å². The molecule has 0 saturated carbocycles. The van der Waals surface area contributed by atoms with E-state index in [2.05, 4.69) is 39.8 Å². The maximum atomic E-state index is 12.0. The van der Waals surface area contributed by atoms with Crippen LogP contribution in [0.3, 0.4) is 0 Å². The number of carboxylic acid groups (broad SMARTS) is 1. The van der Waals surface area contributed by atoms with Gasteiger partial charge in [0.15, 0.2) is 0 Å². The summed E-state index contributed by atoms with van der Waals surface area (Å²) in [7, 11) is 0. The van der Waals surface area contributed by atoms with E-state index in [-0.39, 0.29) is 11.5 Å². The van der Waals surface area contributed by atoms with Crippen molar-refractivity contribution in [1.82, 2.24) is 0 Å². The molecule has 1 aromatic rings. The number of hydrogen-bond donors (Lipinski definition) is 1. The number of benzene rings is 1. The summed E-state index contributed by atoms with van der Waals surface area (Å²) in [5, 5.41) is 9.85. The molecule has 3 rings (SSSR count). The minimum absolute atomic E-state index is 0.142. The molecule has 25 heavy (non-hydrogen) atoms. The molecule has 0 amide bonds. The van der Waals surface area contributed by atoms with Crippen molar-refractivity contribution in [2.75, 3.05) is 0 Å². The third-order valence-corrected chi connectivity index (χ3v) is 5.85. The van der Waals surface area contributed by atoms with Crippen molar-refractivity contribution >= 4 is 5.97 Å². The summed E-state index contributed by atoms with van der Waals surface area (Å²) in [5.74, 6) is 0.409. The highest BCUT2D eigenvalue weighted by Gasteiger charge is 2.45. The summed E-state index contributed by atoms with van der Waals surface area (Å²) in [6.07, 6.45) is 8.72. The molecule has 0 fully saturated rings. The molecule has 2 atom stereocenters. The first-order chi connectivity index (χ1) is 11.8. The van der Waals surface area contributed by atoms with E-state index in [4.69, 9.17) is 4.74 Å². The Bertz CT molecular complexity index is 699. The van der Waals surface area contributed by atoms with Crippen LogP contribution in [0.1, 0.15) is 87.2 Å². The minimum Gasteiger partial charge on any atom is -0.487 e. The van der Waals surface area contributed by atoms with Crippen LogP contribution in [0.5, 0.6) is 5.75 Å². The fourth-order valence-corrected chi connectivity index (χ4v) is 4.50. The van der Waals surface area contributed by atoms with Crippen LogP contribution in [0.2, 0.25) is 0 Å². The van der Waals surface area contributed by atoms with Gasteiger partial charge < -0.3 is 9.84 Å². The molecule has 136 valence electrons. The first kappa shape index (κ1) is 18.0. The lowest BCUT2D eigenvalue weighted by Gasteiger charge is -2.46. The number of ether oxygens (including phenoxy) is 1. The second-order valence-electron chi connectivity index (χ2n) is 8.21. The zero-order valence-electron chi connectivity index (χ0n) is 15.9. The average Bonchev–Trinajstić information content (AvgIpc) is 2.53. The van der Waals surface area contributed by atoms with E-state index in [0.29, 0.717) is 11.5 Å². The van der Waals surface area contributed by atoms with Crippen molar-refractivity contribution < 1.29 is 14.6 Å². The lowest BCUT2D eigenvalue weighted by molar-refractivity contribution is 0.0108. The molecule has 0 unspecified atom stereocenters. The van der Waals surface area contributed by atoms with Crippen LogP contribution in [0.25, 0.3) is 0 Å². The van der Waals surface area contributed by atoms with Crippen molar-refractivity contribution in [1.29, 1.82) is 0 Å². The molecule has 0 saturated heterocycles. The first-order valence-corrected chi connectivity index (χ1v) is 9.60. The van der Waals surface area contributed by atoms with Crippen LogP contribution in [0.4, 0.5) is 0 Å². The second kappa shape index (κ2) is 6.86. The molecular formula is C22H30O3. The molecule has 1 aromatic carbocycles. The first-order valence-electron chi connectivity index (χ1n) is 9.60. The third kappa shape index (κ3) is 3.47. The summed E-state index contributed by atoms with van der Waals surface area (Å²) < 4.78 is 6.37. The molecule has 0 bridgehead atoms. The van der Waals surface area contributed by atoms with Crippen molar-refractivity contribution in [3.8, 4) is 5.75 Å². The molecule has 1 aliphatic heterocycles. The van der Waals surface area contributed by atoms with E-state index < -0.39 is 5.97 Å². The van der Waals surface area contributed by atoms with Gasteiger partial charge >= 0.3 is 5.97 Å². The Hall–Kier alpha value is -1.77. The Kier molecular flexibility index (Phi) is 4.95.